The summed E-state index contributed by atoms with van der Waals surface area (Å²) in [5.41, 5.74) is 1.81. The van der Waals surface area contributed by atoms with E-state index in [1.807, 2.05) is 30.3 Å². The van der Waals surface area contributed by atoms with Crippen molar-refractivity contribution < 1.29 is 27.7 Å². The molecule has 43 heavy (non-hydrogen) atoms. The third kappa shape index (κ3) is 8.21. The zero-order chi connectivity index (χ0) is 30.8. The summed E-state index contributed by atoms with van der Waals surface area (Å²) >= 11 is 0. The number of halogens is 2. The van der Waals surface area contributed by atoms with Crippen LogP contribution in [-0.2, 0) is 15.0 Å². The minimum absolute atomic E-state index is 0.328. The number of hydrogen-bond acceptors (Lipinski definition) is 10. The Kier molecular flexibility index (Phi) is 10.5. The number of nitrogens with two attached hydrogens (primary N) is 1. The average molecular weight is 593 g/mol. The Balaban J connectivity index is 1.61. The van der Waals surface area contributed by atoms with Gasteiger partial charge >= 0.3 is 0 Å². The number of rotatable bonds is 14. The molecule has 0 aliphatic heterocycles. The van der Waals surface area contributed by atoms with Crippen molar-refractivity contribution in [3.63, 3.8) is 0 Å². The molecular weight excluding hydrogens is 558 g/mol. The number of nitrogens with one attached hydrogen (secondary N) is 1. The van der Waals surface area contributed by atoms with E-state index in [2.05, 4.69) is 25.4 Å². The van der Waals surface area contributed by atoms with Crippen LogP contribution in [0.15, 0.2) is 71.0 Å². The van der Waals surface area contributed by atoms with Gasteiger partial charge in [0.05, 0.1) is 30.5 Å². The van der Waals surface area contributed by atoms with E-state index in [4.69, 9.17) is 24.8 Å². The van der Waals surface area contributed by atoms with Crippen molar-refractivity contribution in [2.24, 2.45) is 15.9 Å². The topological polar surface area (TPSA) is 125 Å². The zero-order valence-corrected chi connectivity index (χ0v) is 24.4. The number of anilines is 2. The maximum absolute atomic E-state index is 13.8. The molecule has 0 atom stereocenters. The number of hydrogen-bond donors (Lipinski definition) is 2. The van der Waals surface area contributed by atoms with Gasteiger partial charge in [-0.1, -0.05) is 12.1 Å². The van der Waals surface area contributed by atoms with Crippen molar-refractivity contribution in [3.8, 4) is 11.5 Å². The largest absolute Gasteiger partial charge is 0.487 e. The van der Waals surface area contributed by atoms with Crippen molar-refractivity contribution in [2.45, 2.75) is 19.4 Å². The standard InChI is InChI=1S/C31H34F2N6O4/c1-31(2,21-13-22(32)15-23(33)14-21)37-18-27(39-34)20-6-5-7-24(12-20)38-30-25-16-28(42-10-8-40-3)29(43-11-9-41-4)17-26(25)35-19-36-30/h5-7,12-19H,8-11,34H2,1-4H3,(H,35,36,38). The summed E-state index contributed by atoms with van der Waals surface area (Å²) in [6, 6.07) is 14.3. The fourth-order valence-electron chi connectivity index (χ4n) is 4.14. The molecule has 0 aliphatic carbocycles. The second-order valence-corrected chi connectivity index (χ2v) is 9.92. The van der Waals surface area contributed by atoms with E-state index >= 15 is 0 Å². The summed E-state index contributed by atoms with van der Waals surface area (Å²) in [6.07, 6.45) is 2.94. The first kappa shape index (κ1) is 31.3. The van der Waals surface area contributed by atoms with E-state index in [1.165, 1.54) is 24.7 Å². The highest BCUT2D eigenvalue weighted by Gasteiger charge is 2.21. The molecule has 0 amide bonds. The molecule has 0 fully saturated rings. The maximum atomic E-state index is 13.8. The van der Waals surface area contributed by atoms with Gasteiger partial charge < -0.3 is 30.1 Å². The maximum Gasteiger partial charge on any atom is 0.163 e. The first-order chi connectivity index (χ1) is 20.7. The SMILES string of the molecule is COCCOc1cc2ncnc(Nc3cccc(C(C=NC(C)(C)c4cc(F)cc(F)c4)=NN)c3)c2cc1OCCOC. The van der Waals surface area contributed by atoms with Crippen molar-refractivity contribution in [1.29, 1.82) is 0 Å². The number of aromatic nitrogens is 2. The van der Waals surface area contributed by atoms with E-state index in [9.17, 15) is 8.78 Å². The molecule has 12 heteroatoms. The summed E-state index contributed by atoms with van der Waals surface area (Å²) in [6.45, 7) is 4.98. The molecule has 10 nitrogen and oxygen atoms in total. The highest BCUT2D eigenvalue weighted by atomic mass is 19.1. The lowest BCUT2D eigenvalue weighted by molar-refractivity contribution is 0.132. The normalized spacial score (nSPS) is 12.2. The number of fused-ring (bicyclic) bond motifs is 1. The molecule has 0 unspecified atom stereocenters. The molecule has 4 rings (SSSR count). The predicted molar refractivity (Wildman–Crippen MR) is 163 cm³/mol. The van der Waals surface area contributed by atoms with Gasteiger partial charge in [-0.2, -0.15) is 5.10 Å². The average Bonchev–Trinajstić information content (AvgIpc) is 2.98. The minimum atomic E-state index is -0.941. The lowest BCUT2D eigenvalue weighted by Crippen LogP contribution is -2.17. The third-order valence-corrected chi connectivity index (χ3v) is 6.43. The molecule has 0 bridgehead atoms. The number of hydrazone groups is 1. The van der Waals surface area contributed by atoms with E-state index in [1.54, 1.807) is 34.1 Å². The van der Waals surface area contributed by atoms with Crippen LogP contribution in [-0.4, -0.2) is 62.5 Å². The Labute approximate surface area is 248 Å². The number of ether oxygens (including phenoxy) is 4. The highest BCUT2D eigenvalue weighted by Crippen LogP contribution is 2.35. The molecule has 1 aromatic heterocycles. The molecule has 4 aromatic rings. The van der Waals surface area contributed by atoms with Crippen molar-refractivity contribution >= 4 is 34.3 Å². The van der Waals surface area contributed by atoms with Gasteiger partial charge in [0.25, 0.3) is 0 Å². The van der Waals surface area contributed by atoms with E-state index < -0.39 is 17.2 Å². The lowest BCUT2D eigenvalue weighted by Gasteiger charge is -2.20. The molecular formula is C31H34F2N6O4. The Hall–Kier alpha value is -4.68. The second-order valence-electron chi connectivity index (χ2n) is 9.92. The van der Waals surface area contributed by atoms with Gasteiger partial charge in [0.15, 0.2) is 11.5 Å². The molecule has 0 saturated carbocycles. The van der Waals surface area contributed by atoms with Gasteiger partial charge in [-0.25, -0.2) is 18.7 Å². The molecule has 0 radical (unpaired) electrons. The summed E-state index contributed by atoms with van der Waals surface area (Å²) in [5, 5.41) is 7.93. The first-order valence-electron chi connectivity index (χ1n) is 13.4. The van der Waals surface area contributed by atoms with Gasteiger partial charge in [0.1, 0.15) is 42.7 Å². The van der Waals surface area contributed by atoms with Crippen LogP contribution < -0.4 is 20.6 Å². The predicted octanol–water partition coefficient (Wildman–Crippen LogP) is 5.37. The van der Waals surface area contributed by atoms with Crippen molar-refractivity contribution in [1.82, 2.24) is 9.97 Å². The fraction of sp³-hybridized carbons (Fsp3) is 0.290. The number of nitrogens with zero attached hydrogens (tertiary/aromatic N) is 4. The van der Waals surface area contributed by atoms with Crippen LogP contribution in [0.25, 0.3) is 10.9 Å². The number of benzene rings is 3. The molecule has 226 valence electrons. The number of aliphatic imine (C=N–C) groups is 1. The van der Waals surface area contributed by atoms with Crippen LogP contribution in [0.1, 0.15) is 25.0 Å². The minimum Gasteiger partial charge on any atom is -0.487 e. The molecule has 1 heterocycles. The number of methoxy groups -OCH3 is 2. The van der Waals surface area contributed by atoms with Gasteiger partial charge in [0.2, 0.25) is 0 Å². The Morgan fingerprint density at radius 2 is 1.58 bits per heavy atom. The summed E-state index contributed by atoms with van der Waals surface area (Å²) < 4.78 is 49.6. The van der Waals surface area contributed by atoms with Gasteiger partial charge in [0, 0.05) is 43.0 Å². The van der Waals surface area contributed by atoms with Crippen LogP contribution in [0.3, 0.4) is 0 Å². The Morgan fingerprint density at radius 3 is 2.23 bits per heavy atom. The Morgan fingerprint density at radius 1 is 0.907 bits per heavy atom. The highest BCUT2D eigenvalue weighted by molar-refractivity contribution is 6.38. The van der Waals surface area contributed by atoms with E-state index in [0.717, 1.165) is 6.07 Å². The molecule has 0 saturated heterocycles. The first-order valence-corrected chi connectivity index (χ1v) is 13.4. The van der Waals surface area contributed by atoms with Crippen LogP contribution in [0.5, 0.6) is 11.5 Å². The molecule has 3 aromatic carbocycles. The zero-order valence-electron chi connectivity index (χ0n) is 24.4. The summed E-state index contributed by atoms with van der Waals surface area (Å²) in [5.74, 6) is 5.95. The molecule has 0 aliphatic rings. The van der Waals surface area contributed by atoms with Gasteiger partial charge in [-0.15, -0.1) is 0 Å². The summed E-state index contributed by atoms with van der Waals surface area (Å²) in [7, 11) is 3.20. The summed E-state index contributed by atoms with van der Waals surface area (Å²) in [4.78, 5) is 13.4. The van der Waals surface area contributed by atoms with Crippen LogP contribution >= 0.6 is 0 Å². The molecule has 3 N–H and O–H groups in total. The third-order valence-electron chi connectivity index (χ3n) is 6.43. The van der Waals surface area contributed by atoms with Gasteiger partial charge in [-0.05, 0) is 49.7 Å². The van der Waals surface area contributed by atoms with E-state index in [0.29, 0.717) is 77.2 Å². The van der Waals surface area contributed by atoms with Crippen LogP contribution in [0, 0.1) is 11.6 Å². The second kappa shape index (κ2) is 14.5. The van der Waals surface area contributed by atoms with Crippen molar-refractivity contribution in [3.05, 3.63) is 83.7 Å². The lowest BCUT2D eigenvalue weighted by atomic mass is 9.94. The Bertz CT molecular complexity index is 1590. The fourth-order valence-corrected chi connectivity index (χ4v) is 4.14. The monoisotopic (exact) mass is 592 g/mol. The molecule has 0 spiro atoms. The quantitative estimate of drug-likeness (QED) is 0.0867. The van der Waals surface area contributed by atoms with Gasteiger partial charge in [-0.3, -0.25) is 4.99 Å². The smallest absolute Gasteiger partial charge is 0.163 e. The van der Waals surface area contributed by atoms with E-state index in [-0.39, 0.29) is 0 Å². The van der Waals surface area contributed by atoms with Crippen LogP contribution in [0.4, 0.5) is 20.3 Å². The van der Waals surface area contributed by atoms with Crippen molar-refractivity contribution in [2.75, 3.05) is 46.0 Å². The van der Waals surface area contributed by atoms with Crippen LogP contribution in [0.2, 0.25) is 0 Å².